The predicted octanol–water partition coefficient (Wildman–Crippen LogP) is 1.91. The third-order valence-electron chi connectivity index (χ3n) is 4.02. The zero-order valence-electron chi connectivity index (χ0n) is 12.5. The molecule has 0 bridgehead atoms. The van der Waals surface area contributed by atoms with Crippen LogP contribution in [0.2, 0.25) is 0 Å². The highest BCUT2D eigenvalue weighted by Gasteiger charge is 2.34. The summed E-state index contributed by atoms with van der Waals surface area (Å²) < 4.78 is 32.4. The molecule has 6 heteroatoms. The van der Waals surface area contributed by atoms with Crippen LogP contribution in [0.5, 0.6) is 5.75 Å². The van der Waals surface area contributed by atoms with E-state index in [1.165, 1.54) is 13.2 Å². The van der Waals surface area contributed by atoms with E-state index in [1.807, 2.05) is 0 Å². The van der Waals surface area contributed by atoms with Crippen LogP contribution < -0.4 is 9.46 Å². The number of hydrogen-bond acceptors (Lipinski definition) is 4. The van der Waals surface area contributed by atoms with Gasteiger partial charge < -0.3 is 9.84 Å². The van der Waals surface area contributed by atoms with E-state index in [9.17, 15) is 13.5 Å². The van der Waals surface area contributed by atoms with Gasteiger partial charge in [0.1, 0.15) is 10.6 Å². The number of sulfonamides is 1. The first-order chi connectivity index (χ1) is 9.86. The van der Waals surface area contributed by atoms with Crippen molar-refractivity contribution in [3.63, 3.8) is 0 Å². The van der Waals surface area contributed by atoms with Gasteiger partial charge in [0.2, 0.25) is 10.0 Å². The molecular formula is C15H23NO4S. The fourth-order valence-corrected chi connectivity index (χ4v) is 4.23. The lowest BCUT2D eigenvalue weighted by Gasteiger charge is -2.35. The molecule has 0 aromatic heterocycles. The van der Waals surface area contributed by atoms with Gasteiger partial charge >= 0.3 is 0 Å². The van der Waals surface area contributed by atoms with Crippen molar-refractivity contribution in [3.05, 3.63) is 24.3 Å². The lowest BCUT2D eigenvalue weighted by Crippen LogP contribution is -2.45. The predicted molar refractivity (Wildman–Crippen MR) is 80.8 cm³/mol. The van der Waals surface area contributed by atoms with Crippen molar-refractivity contribution in [3.8, 4) is 5.75 Å². The molecular weight excluding hydrogens is 290 g/mol. The van der Waals surface area contributed by atoms with Gasteiger partial charge in [0.15, 0.2) is 0 Å². The molecule has 0 radical (unpaired) electrons. The Morgan fingerprint density at radius 1 is 1.43 bits per heavy atom. The maximum atomic E-state index is 12.4. The Hall–Kier alpha value is -1.11. The quantitative estimate of drug-likeness (QED) is 0.871. The zero-order chi connectivity index (χ0) is 15.5. The summed E-state index contributed by atoms with van der Waals surface area (Å²) >= 11 is 0. The smallest absolute Gasteiger partial charge is 0.244 e. The molecule has 0 saturated heterocycles. The Morgan fingerprint density at radius 2 is 2.14 bits per heavy atom. The second kappa shape index (κ2) is 6.34. The van der Waals surface area contributed by atoms with Crippen LogP contribution in [-0.4, -0.2) is 32.8 Å². The highest BCUT2D eigenvalue weighted by molar-refractivity contribution is 7.89. The summed E-state index contributed by atoms with van der Waals surface area (Å²) in [6, 6.07) is 6.46. The summed E-state index contributed by atoms with van der Waals surface area (Å²) in [6.07, 6.45) is 3.27. The molecule has 0 aliphatic heterocycles. The summed E-state index contributed by atoms with van der Waals surface area (Å²) in [5, 5.41) is 10.5. The normalized spacial score (nSPS) is 26.5. The molecule has 1 aromatic carbocycles. The molecule has 1 saturated carbocycles. The number of methoxy groups -OCH3 is 1. The molecule has 2 unspecified atom stereocenters. The van der Waals surface area contributed by atoms with Crippen molar-refractivity contribution in [2.24, 2.45) is 5.92 Å². The Kier molecular flexibility index (Phi) is 4.91. The minimum Gasteiger partial charge on any atom is -0.495 e. The van der Waals surface area contributed by atoms with Crippen LogP contribution >= 0.6 is 0 Å². The molecule has 118 valence electrons. The van der Waals surface area contributed by atoms with Crippen LogP contribution in [0.1, 0.15) is 32.6 Å². The van der Waals surface area contributed by atoms with Crippen LogP contribution in [0.15, 0.2) is 29.2 Å². The third-order valence-corrected chi connectivity index (χ3v) is 5.46. The van der Waals surface area contributed by atoms with Crippen molar-refractivity contribution in [2.75, 3.05) is 13.7 Å². The van der Waals surface area contributed by atoms with E-state index >= 15 is 0 Å². The molecule has 1 aliphatic rings. The van der Waals surface area contributed by atoms with Crippen LogP contribution in [0.3, 0.4) is 0 Å². The number of nitrogens with one attached hydrogen (secondary N) is 1. The molecule has 1 aromatic rings. The van der Waals surface area contributed by atoms with Gasteiger partial charge in [0.25, 0.3) is 0 Å². The monoisotopic (exact) mass is 313 g/mol. The lowest BCUT2D eigenvalue weighted by molar-refractivity contribution is -0.00752. The van der Waals surface area contributed by atoms with Crippen molar-refractivity contribution in [2.45, 2.75) is 43.1 Å². The molecule has 0 spiro atoms. The van der Waals surface area contributed by atoms with E-state index in [0.29, 0.717) is 24.5 Å². The van der Waals surface area contributed by atoms with E-state index in [-0.39, 0.29) is 11.4 Å². The third kappa shape index (κ3) is 3.96. The van der Waals surface area contributed by atoms with Crippen molar-refractivity contribution in [1.29, 1.82) is 0 Å². The van der Waals surface area contributed by atoms with Crippen LogP contribution in [0.4, 0.5) is 0 Å². The molecule has 2 atom stereocenters. The molecule has 21 heavy (non-hydrogen) atoms. The number of ether oxygens (including phenoxy) is 1. The minimum absolute atomic E-state index is 0.0394. The number of para-hydroxylation sites is 1. The van der Waals surface area contributed by atoms with Gasteiger partial charge in [-0.15, -0.1) is 0 Å². The summed E-state index contributed by atoms with van der Waals surface area (Å²) in [4.78, 5) is 0.0972. The molecule has 0 heterocycles. The van der Waals surface area contributed by atoms with Crippen LogP contribution in [0, 0.1) is 5.92 Å². The number of hydrogen-bond donors (Lipinski definition) is 2. The summed E-state index contributed by atoms with van der Waals surface area (Å²) in [5.41, 5.74) is -0.952. The second-order valence-electron chi connectivity index (χ2n) is 5.90. The molecule has 1 fully saturated rings. The number of benzene rings is 1. The molecule has 5 nitrogen and oxygen atoms in total. The van der Waals surface area contributed by atoms with E-state index in [4.69, 9.17) is 4.74 Å². The standard InChI is InChI=1S/C15H23NO4S/c1-12-6-5-9-15(17,10-12)11-16-21(18,19)14-8-4-3-7-13(14)20-2/h3-4,7-8,12,16-17H,5-6,9-11H2,1-2H3. The van der Waals surface area contributed by atoms with Gasteiger partial charge in [-0.2, -0.15) is 0 Å². The molecule has 0 amide bonds. The summed E-state index contributed by atoms with van der Waals surface area (Å²) in [6.45, 7) is 2.12. The Labute approximate surface area is 126 Å². The number of rotatable bonds is 5. The highest BCUT2D eigenvalue weighted by atomic mass is 32.2. The Balaban J connectivity index is 2.11. The van der Waals surface area contributed by atoms with Crippen LogP contribution in [-0.2, 0) is 10.0 Å². The van der Waals surface area contributed by atoms with Gasteiger partial charge in [-0.1, -0.05) is 31.9 Å². The van der Waals surface area contributed by atoms with E-state index in [0.717, 1.165) is 12.8 Å². The van der Waals surface area contributed by atoms with Crippen molar-refractivity contribution >= 4 is 10.0 Å². The summed E-state index contributed by atoms with van der Waals surface area (Å²) in [5.74, 6) is 0.716. The Bertz CT molecular complexity index is 587. The maximum Gasteiger partial charge on any atom is 0.244 e. The number of aliphatic hydroxyl groups is 1. The van der Waals surface area contributed by atoms with Gasteiger partial charge in [-0.05, 0) is 30.9 Å². The fourth-order valence-electron chi connectivity index (χ4n) is 2.94. The topological polar surface area (TPSA) is 75.6 Å². The van der Waals surface area contributed by atoms with E-state index in [1.54, 1.807) is 18.2 Å². The zero-order valence-corrected chi connectivity index (χ0v) is 13.3. The average molecular weight is 313 g/mol. The highest BCUT2D eigenvalue weighted by Crippen LogP contribution is 2.32. The van der Waals surface area contributed by atoms with Gasteiger partial charge in [0, 0.05) is 6.54 Å². The van der Waals surface area contributed by atoms with Crippen LogP contribution in [0.25, 0.3) is 0 Å². The first kappa shape index (κ1) is 16.3. The van der Waals surface area contributed by atoms with Gasteiger partial charge in [-0.25, -0.2) is 13.1 Å². The summed E-state index contributed by atoms with van der Waals surface area (Å²) in [7, 11) is -2.26. The Morgan fingerprint density at radius 3 is 2.81 bits per heavy atom. The SMILES string of the molecule is COc1ccccc1S(=O)(=O)NCC1(O)CCCC(C)C1. The lowest BCUT2D eigenvalue weighted by atomic mass is 9.79. The first-order valence-corrected chi connectivity index (χ1v) is 8.70. The molecule has 2 N–H and O–H groups in total. The fraction of sp³-hybridized carbons (Fsp3) is 0.600. The average Bonchev–Trinajstić information content (AvgIpc) is 2.45. The largest absolute Gasteiger partial charge is 0.495 e. The van der Waals surface area contributed by atoms with Gasteiger partial charge in [0.05, 0.1) is 12.7 Å². The second-order valence-corrected chi connectivity index (χ2v) is 7.64. The van der Waals surface area contributed by atoms with Crippen molar-refractivity contribution < 1.29 is 18.3 Å². The maximum absolute atomic E-state index is 12.4. The van der Waals surface area contributed by atoms with Gasteiger partial charge in [-0.3, -0.25) is 0 Å². The van der Waals surface area contributed by atoms with Crippen molar-refractivity contribution in [1.82, 2.24) is 4.72 Å². The molecule has 1 aliphatic carbocycles. The first-order valence-electron chi connectivity index (χ1n) is 7.21. The minimum atomic E-state index is -3.69. The molecule has 2 rings (SSSR count). The van der Waals surface area contributed by atoms with E-state index in [2.05, 4.69) is 11.6 Å². The van der Waals surface area contributed by atoms with E-state index < -0.39 is 15.6 Å².